The predicted octanol–water partition coefficient (Wildman–Crippen LogP) is 13.7. The molecule has 0 aliphatic carbocycles. The zero-order valence-electron chi connectivity index (χ0n) is 31.1. The van der Waals surface area contributed by atoms with E-state index in [1.807, 2.05) is 59.9 Å². The minimum atomic E-state index is 0.429. The van der Waals surface area contributed by atoms with Gasteiger partial charge in [-0.05, 0) is 79.2 Å². The fourth-order valence-electron chi connectivity index (χ4n) is 7.94. The molecule has 2 N–H and O–H groups in total. The lowest BCUT2D eigenvalue weighted by Crippen LogP contribution is -2.17. The molecule has 0 bridgehead atoms. The summed E-state index contributed by atoms with van der Waals surface area (Å²) < 4.78 is 2.39. The van der Waals surface area contributed by atoms with Gasteiger partial charge in [-0.15, -0.1) is 11.3 Å². The van der Waals surface area contributed by atoms with E-state index in [0.717, 1.165) is 44.2 Å². The zero-order chi connectivity index (χ0) is 38.1. The van der Waals surface area contributed by atoms with Crippen LogP contribution < -0.4 is 5.73 Å². The van der Waals surface area contributed by atoms with Gasteiger partial charge in [0.2, 0.25) is 0 Å². The molecule has 0 spiro atoms. The number of amidine groups is 2. The Labute approximate surface area is 335 Å². The van der Waals surface area contributed by atoms with Crippen molar-refractivity contribution in [2.75, 3.05) is 0 Å². The number of thiophene rings is 1. The molecule has 0 radical (unpaired) electrons. The summed E-state index contributed by atoms with van der Waals surface area (Å²) in [7, 11) is 0. The largest absolute Gasteiger partial charge is 0.383 e. The van der Waals surface area contributed by atoms with Gasteiger partial charge in [0, 0.05) is 36.9 Å². The average Bonchev–Trinajstić information content (AvgIpc) is 3.68. The Morgan fingerprint density at radius 1 is 0.456 bits per heavy atom. The topological polar surface area (TPSA) is 50.7 Å². The number of hydrogen-bond acceptors (Lipinski definition) is 2. The molecule has 3 nitrogen and oxygen atoms in total. The van der Waals surface area contributed by atoms with Crippen molar-refractivity contribution in [3.8, 4) is 33.4 Å². The first-order chi connectivity index (χ1) is 28.2. The monoisotopic (exact) mass is 747 g/mol. The lowest BCUT2D eigenvalue weighted by molar-refractivity contribution is 1.06. The second-order valence-corrected chi connectivity index (χ2v) is 15.3. The maximum atomic E-state index is 7.21. The van der Waals surface area contributed by atoms with Crippen LogP contribution in [0.3, 0.4) is 0 Å². The van der Waals surface area contributed by atoms with E-state index in [0.29, 0.717) is 18.2 Å². The van der Waals surface area contributed by atoms with Crippen molar-refractivity contribution in [3.63, 3.8) is 0 Å². The van der Waals surface area contributed by atoms with Gasteiger partial charge in [-0.2, -0.15) is 0 Å². The lowest BCUT2D eigenvalue weighted by atomic mass is 9.92. The molecule has 0 saturated heterocycles. The van der Waals surface area contributed by atoms with Gasteiger partial charge in [0.25, 0.3) is 0 Å². The summed E-state index contributed by atoms with van der Waals surface area (Å²) in [5, 5.41) is 7.21. The normalized spacial score (nSPS) is 12.2. The predicted molar refractivity (Wildman–Crippen MR) is 245 cm³/mol. The molecule has 0 aliphatic rings. The summed E-state index contributed by atoms with van der Waals surface area (Å²) in [5.74, 6) is 1.03. The molecule has 0 unspecified atom stereocenters. The molecule has 0 amide bonds. The van der Waals surface area contributed by atoms with E-state index >= 15 is 0 Å². The molecule has 10 rings (SSSR count). The first-order valence-corrected chi connectivity index (χ1v) is 20.0. The standard InChI is InChI=1S/C53H37N3S/c54-52(56-53(39-22-11-4-12-23-39)55-34-35-15-5-1-6-16-35)46-30-29-45(41-27-28-44-40(31-41)26-25-38-21-13-14-24-43(38)44)51-49(46)48-33-42(36-17-7-2-8-18-36)32-47(50(48)57-51)37-19-9-3-10-20-37/h1-33H,34H2,(H2,54,55,56). The molecule has 1 aromatic heterocycles. The molecule has 10 aromatic rings. The van der Waals surface area contributed by atoms with Crippen LogP contribution in [-0.2, 0) is 6.54 Å². The van der Waals surface area contributed by atoms with E-state index in [2.05, 4.69) is 152 Å². The van der Waals surface area contributed by atoms with E-state index in [4.69, 9.17) is 15.7 Å². The number of rotatable bonds is 7. The third kappa shape index (κ3) is 6.56. The summed E-state index contributed by atoms with van der Waals surface area (Å²) in [4.78, 5) is 10.2. The van der Waals surface area contributed by atoms with Crippen LogP contribution in [0.5, 0.6) is 0 Å². The summed E-state index contributed by atoms with van der Waals surface area (Å²) >= 11 is 1.83. The van der Waals surface area contributed by atoms with E-state index in [1.165, 1.54) is 47.6 Å². The Morgan fingerprint density at radius 2 is 1.11 bits per heavy atom. The lowest BCUT2D eigenvalue weighted by Gasteiger charge is -2.12. The molecule has 4 heteroatoms. The maximum Gasteiger partial charge on any atom is 0.157 e. The van der Waals surface area contributed by atoms with E-state index in [1.54, 1.807) is 0 Å². The fraction of sp³-hybridized carbons (Fsp3) is 0.0189. The Morgan fingerprint density at radius 3 is 1.88 bits per heavy atom. The molecule has 1 heterocycles. The fourth-order valence-corrected chi connectivity index (χ4v) is 9.32. The van der Waals surface area contributed by atoms with Gasteiger partial charge in [0.15, 0.2) is 5.84 Å². The molecule has 0 fully saturated rings. The number of fused-ring (bicyclic) bond motifs is 6. The van der Waals surface area contributed by atoms with Crippen molar-refractivity contribution < 1.29 is 0 Å². The molecule has 9 aromatic carbocycles. The van der Waals surface area contributed by atoms with Crippen LogP contribution in [0.4, 0.5) is 0 Å². The molecule has 0 atom stereocenters. The molecule has 57 heavy (non-hydrogen) atoms. The second-order valence-electron chi connectivity index (χ2n) is 14.3. The van der Waals surface area contributed by atoms with Gasteiger partial charge >= 0.3 is 0 Å². The van der Waals surface area contributed by atoms with Crippen molar-refractivity contribution in [2.45, 2.75) is 6.54 Å². The summed E-state index contributed by atoms with van der Waals surface area (Å²) in [6.07, 6.45) is 0. The van der Waals surface area contributed by atoms with Gasteiger partial charge in [-0.3, -0.25) is 4.99 Å². The average molecular weight is 748 g/mol. The van der Waals surface area contributed by atoms with Crippen LogP contribution in [0.15, 0.2) is 210 Å². The van der Waals surface area contributed by atoms with Crippen molar-refractivity contribution in [1.29, 1.82) is 0 Å². The van der Waals surface area contributed by atoms with Gasteiger partial charge in [0.05, 0.1) is 6.54 Å². The highest BCUT2D eigenvalue weighted by atomic mass is 32.1. The number of benzene rings is 9. The molecule has 0 aliphatic heterocycles. The Balaban J connectivity index is 1.24. The summed E-state index contributed by atoms with van der Waals surface area (Å²) in [6.45, 7) is 0.496. The third-order valence-corrected chi connectivity index (χ3v) is 12.0. The molecule has 270 valence electrons. The first-order valence-electron chi connectivity index (χ1n) is 19.2. The van der Waals surface area contributed by atoms with Crippen LogP contribution >= 0.6 is 11.3 Å². The number of aliphatic imine (C=N–C) groups is 2. The second kappa shape index (κ2) is 14.8. The van der Waals surface area contributed by atoms with Crippen LogP contribution in [0.1, 0.15) is 16.7 Å². The maximum absolute atomic E-state index is 7.21. The third-order valence-electron chi connectivity index (χ3n) is 10.8. The highest BCUT2D eigenvalue weighted by Gasteiger charge is 2.21. The van der Waals surface area contributed by atoms with Gasteiger partial charge in [-0.25, -0.2) is 4.99 Å². The van der Waals surface area contributed by atoms with Gasteiger partial charge in [-0.1, -0.05) is 176 Å². The smallest absolute Gasteiger partial charge is 0.157 e. The SMILES string of the molecule is NC(=NC(=NCc1ccccc1)c1ccccc1)c1ccc(-c2ccc3c(ccc4ccccc43)c2)c2sc3c(-c4ccccc4)cc(-c4ccccc4)cc3c12. The van der Waals surface area contributed by atoms with Gasteiger partial charge < -0.3 is 5.73 Å². The molecular weight excluding hydrogens is 711 g/mol. The Bertz CT molecular complexity index is 3130. The van der Waals surface area contributed by atoms with Crippen LogP contribution in [-0.4, -0.2) is 11.7 Å². The first kappa shape index (κ1) is 34.4. The summed E-state index contributed by atoms with van der Waals surface area (Å²) in [6, 6.07) is 70.7. The Kier molecular flexibility index (Phi) is 8.94. The highest BCUT2D eigenvalue weighted by molar-refractivity contribution is 7.27. The van der Waals surface area contributed by atoms with Crippen molar-refractivity contribution in [3.05, 3.63) is 217 Å². The highest BCUT2D eigenvalue weighted by Crippen LogP contribution is 2.47. The Hall–Kier alpha value is -7.14. The van der Waals surface area contributed by atoms with E-state index < -0.39 is 0 Å². The number of nitrogens with two attached hydrogens (primary N) is 1. The van der Waals surface area contributed by atoms with Crippen molar-refractivity contribution in [2.24, 2.45) is 15.7 Å². The van der Waals surface area contributed by atoms with Crippen molar-refractivity contribution in [1.82, 2.24) is 0 Å². The van der Waals surface area contributed by atoms with Crippen molar-refractivity contribution >= 4 is 64.7 Å². The minimum absolute atomic E-state index is 0.429. The number of nitrogens with zero attached hydrogens (tertiary/aromatic N) is 2. The van der Waals surface area contributed by atoms with E-state index in [9.17, 15) is 0 Å². The summed E-state index contributed by atoms with van der Waals surface area (Å²) in [5.41, 5.74) is 17.1. The number of hydrogen-bond donors (Lipinski definition) is 1. The quantitative estimate of drug-likeness (QED) is 0.0985. The zero-order valence-corrected chi connectivity index (χ0v) is 32.0. The van der Waals surface area contributed by atoms with E-state index in [-0.39, 0.29) is 0 Å². The van der Waals surface area contributed by atoms with Gasteiger partial charge in [0.1, 0.15) is 5.84 Å². The van der Waals surface area contributed by atoms with Crippen LogP contribution in [0.2, 0.25) is 0 Å². The minimum Gasteiger partial charge on any atom is -0.383 e. The molecule has 0 saturated carbocycles. The molecular formula is C53H37N3S. The van der Waals surface area contributed by atoms with Crippen LogP contribution in [0, 0.1) is 0 Å². The van der Waals surface area contributed by atoms with Crippen LogP contribution in [0.25, 0.3) is 75.1 Å².